The van der Waals surface area contributed by atoms with Crippen LogP contribution in [0.3, 0.4) is 0 Å². The van der Waals surface area contributed by atoms with Gasteiger partial charge in [-0.2, -0.15) is 0 Å². The zero-order chi connectivity index (χ0) is 24.9. The van der Waals surface area contributed by atoms with E-state index in [2.05, 4.69) is 4.72 Å². The second-order valence-corrected chi connectivity index (χ2v) is 9.27. The largest absolute Gasteiger partial charge is 0.493 e. The quantitative estimate of drug-likeness (QED) is 0.467. The van der Waals surface area contributed by atoms with Crippen LogP contribution in [0.5, 0.6) is 11.5 Å². The van der Waals surface area contributed by atoms with Crippen LogP contribution in [0.1, 0.15) is 33.2 Å². The molecule has 0 aliphatic carbocycles. The molecule has 0 bridgehead atoms. The Hall–Kier alpha value is -3.69. The number of Topliss-reactive ketones (excluding diaryl/α,β-unsaturated/α-hetero) is 1. The number of amides is 1. The van der Waals surface area contributed by atoms with Crippen molar-refractivity contribution in [2.24, 2.45) is 0 Å². The summed E-state index contributed by atoms with van der Waals surface area (Å²) in [6.45, 7) is 1.47. The van der Waals surface area contributed by atoms with E-state index in [1.165, 1.54) is 50.3 Å². The molecule has 0 aliphatic rings. The lowest BCUT2D eigenvalue weighted by atomic mass is 10.1. The van der Waals surface area contributed by atoms with E-state index in [-0.39, 0.29) is 23.1 Å². The number of ether oxygens (including phenoxy) is 2. The van der Waals surface area contributed by atoms with E-state index >= 15 is 0 Å². The predicted octanol–water partition coefficient (Wildman–Crippen LogP) is 3.66. The highest BCUT2D eigenvalue weighted by Crippen LogP contribution is 2.31. The van der Waals surface area contributed by atoms with Crippen LogP contribution in [0.15, 0.2) is 71.6 Å². The van der Waals surface area contributed by atoms with Gasteiger partial charge in [0.1, 0.15) is 0 Å². The zero-order valence-corrected chi connectivity index (χ0v) is 20.2. The molecule has 1 N–H and O–H groups in total. The predicted molar refractivity (Wildman–Crippen MR) is 129 cm³/mol. The molecule has 34 heavy (non-hydrogen) atoms. The van der Waals surface area contributed by atoms with Gasteiger partial charge < -0.3 is 14.4 Å². The topological polar surface area (TPSA) is 102 Å². The second-order valence-electron chi connectivity index (χ2n) is 7.51. The maximum Gasteiger partial charge on any atom is 0.258 e. The van der Waals surface area contributed by atoms with Crippen molar-refractivity contribution >= 4 is 27.4 Å². The van der Waals surface area contributed by atoms with Crippen LogP contribution < -0.4 is 19.1 Å². The van der Waals surface area contributed by atoms with E-state index in [9.17, 15) is 18.0 Å². The van der Waals surface area contributed by atoms with E-state index in [0.29, 0.717) is 33.9 Å². The number of nitrogens with zero attached hydrogens (tertiary/aromatic N) is 1. The first-order valence-electron chi connectivity index (χ1n) is 10.4. The van der Waals surface area contributed by atoms with Crippen molar-refractivity contribution in [3.05, 3.63) is 83.4 Å². The Morgan fingerprint density at radius 1 is 0.853 bits per heavy atom. The smallest absolute Gasteiger partial charge is 0.258 e. The van der Waals surface area contributed by atoms with Crippen LogP contribution in [0.4, 0.5) is 5.69 Å². The van der Waals surface area contributed by atoms with Gasteiger partial charge in [-0.3, -0.25) is 9.59 Å². The first kappa shape index (κ1) is 24.9. The molecule has 0 saturated carbocycles. The second kappa shape index (κ2) is 10.5. The molecular formula is C25H26N2O6S. The van der Waals surface area contributed by atoms with Crippen LogP contribution in [-0.4, -0.2) is 41.4 Å². The van der Waals surface area contributed by atoms with Gasteiger partial charge in [0, 0.05) is 36.5 Å². The summed E-state index contributed by atoms with van der Waals surface area (Å²) >= 11 is 0. The molecule has 8 nitrogen and oxygen atoms in total. The maximum atomic E-state index is 12.9. The number of hydrogen-bond donors (Lipinski definition) is 1. The van der Waals surface area contributed by atoms with Crippen LogP contribution in [-0.2, 0) is 16.6 Å². The molecule has 0 unspecified atom stereocenters. The number of hydrogen-bond acceptors (Lipinski definition) is 6. The van der Waals surface area contributed by atoms with Gasteiger partial charge in [0.15, 0.2) is 17.3 Å². The van der Waals surface area contributed by atoms with Crippen molar-refractivity contribution in [1.29, 1.82) is 0 Å². The molecular weight excluding hydrogens is 456 g/mol. The number of carbonyl (C=O) groups excluding carboxylic acids is 2. The van der Waals surface area contributed by atoms with Gasteiger partial charge >= 0.3 is 0 Å². The summed E-state index contributed by atoms with van der Waals surface area (Å²) in [5, 5.41) is 0. The minimum atomic E-state index is -3.75. The molecule has 0 aromatic heterocycles. The summed E-state index contributed by atoms with van der Waals surface area (Å²) in [6, 6.07) is 17.6. The van der Waals surface area contributed by atoms with E-state index in [1.807, 2.05) is 0 Å². The lowest BCUT2D eigenvalue weighted by Gasteiger charge is -2.19. The average Bonchev–Trinajstić information content (AvgIpc) is 2.86. The summed E-state index contributed by atoms with van der Waals surface area (Å²) in [4.78, 5) is 25.8. The molecule has 0 spiro atoms. The number of benzene rings is 3. The molecule has 3 aromatic carbocycles. The number of anilines is 1. The monoisotopic (exact) mass is 482 g/mol. The minimum absolute atomic E-state index is 0.0524. The number of nitrogens with one attached hydrogen (secondary N) is 1. The summed E-state index contributed by atoms with van der Waals surface area (Å²) in [5.74, 6) is 0.708. The fourth-order valence-electron chi connectivity index (χ4n) is 3.24. The minimum Gasteiger partial charge on any atom is -0.493 e. The van der Waals surface area contributed by atoms with Gasteiger partial charge in [-0.1, -0.05) is 24.3 Å². The standard InChI is InChI=1S/C25H26N2O6S/c1-17(28)19-9-12-22(13-10-19)34(30,31)26-16-18-5-7-20(8-6-18)25(29)27(2)21-11-14-23(32-3)24(15-21)33-4/h5-15,26H,16H2,1-4H3. The van der Waals surface area contributed by atoms with Crippen LogP contribution >= 0.6 is 0 Å². The van der Waals surface area contributed by atoms with Gasteiger partial charge in [0.25, 0.3) is 5.91 Å². The number of carbonyl (C=O) groups is 2. The Labute approximate surface area is 199 Å². The SMILES string of the molecule is COc1ccc(N(C)C(=O)c2ccc(CNS(=O)(=O)c3ccc(C(C)=O)cc3)cc2)cc1OC. The van der Waals surface area contributed by atoms with Crippen LogP contribution in [0.2, 0.25) is 0 Å². The van der Waals surface area contributed by atoms with E-state index in [0.717, 1.165) is 0 Å². The summed E-state index contributed by atoms with van der Waals surface area (Å²) < 4.78 is 38.1. The van der Waals surface area contributed by atoms with Crippen LogP contribution in [0, 0.1) is 0 Å². The van der Waals surface area contributed by atoms with Gasteiger partial charge in [-0.15, -0.1) is 0 Å². The van der Waals surface area contributed by atoms with E-state index in [4.69, 9.17) is 9.47 Å². The van der Waals surface area contributed by atoms with Crippen molar-refractivity contribution in [2.75, 3.05) is 26.2 Å². The molecule has 0 heterocycles. The molecule has 1 amide bonds. The molecule has 3 rings (SSSR count). The number of ketones is 1. The Kier molecular flexibility index (Phi) is 7.70. The lowest BCUT2D eigenvalue weighted by molar-refractivity contribution is 0.0990. The number of rotatable bonds is 9. The summed E-state index contributed by atoms with van der Waals surface area (Å²) in [7, 11) is 0.973. The van der Waals surface area contributed by atoms with Gasteiger partial charge in [-0.25, -0.2) is 13.1 Å². The van der Waals surface area contributed by atoms with Crippen molar-refractivity contribution in [3.8, 4) is 11.5 Å². The third-order valence-electron chi connectivity index (χ3n) is 5.30. The molecule has 0 atom stereocenters. The molecule has 0 radical (unpaired) electrons. The lowest BCUT2D eigenvalue weighted by Crippen LogP contribution is -2.26. The number of sulfonamides is 1. The zero-order valence-electron chi connectivity index (χ0n) is 19.4. The van der Waals surface area contributed by atoms with E-state index in [1.54, 1.807) is 49.5 Å². The van der Waals surface area contributed by atoms with Crippen LogP contribution in [0.25, 0.3) is 0 Å². The Morgan fingerprint density at radius 3 is 2.00 bits per heavy atom. The van der Waals surface area contributed by atoms with Gasteiger partial charge in [-0.05, 0) is 48.9 Å². The number of methoxy groups -OCH3 is 2. The fraction of sp³-hybridized carbons (Fsp3) is 0.200. The fourth-order valence-corrected chi connectivity index (χ4v) is 4.26. The highest BCUT2D eigenvalue weighted by atomic mass is 32.2. The Balaban J connectivity index is 1.67. The normalized spacial score (nSPS) is 11.1. The average molecular weight is 483 g/mol. The van der Waals surface area contributed by atoms with Crippen molar-refractivity contribution in [2.45, 2.75) is 18.4 Å². The molecule has 9 heteroatoms. The third-order valence-corrected chi connectivity index (χ3v) is 6.71. The highest BCUT2D eigenvalue weighted by Gasteiger charge is 2.17. The van der Waals surface area contributed by atoms with Gasteiger partial charge in [0.05, 0.1) is 19.1 Å². The van der Waals surface area contributed by atoms with Gasteiger partial charge in [0.2, 0.25) is 10.0 Å². The first-order valence-corrected chi connectivity index (χ1v) is 11.8. The maximum absolute atomic E-state index is 12.9. The molecule has 0 saturated heterocycles. The Bertz CT molecular complexity index is 1290. The summed E-state index contributed by atoms with van der Waals surface area (Å²) in [6.07, 6.45) is 0. The highest BCUT2D eigenvalue weighted by molar-refractivity contribution is 7.89. The molecule has 178 valence electrons. The van der Waals surface area contributed by atoms with E-state index < -0.39 is 10.0 Å². The molecule has 0 aliphatic heterocycles. The first-order chi connectivity index (χ1) is 16.2. The Morgan fingerprint density at radius 2 is 1.44 bits per heavy atom. The molecule has 0 fully saturated rings. The summed E-state index contributed by atoms with van der Waals surface area (Å²) in [5.41, 5.74) is 2.21. The third kappa shape index (κ3) is 5.62. The van der Waals surface area contributed by atoms with Crippen molar-refractivity contribution in [1.82, 2.24) is 4.72 Å². The van der Waals surface area contributed by atoms with Crippen molar-refractivity contribution < 1.29 is 27.5 Å². The molecule has 3 aromatic rings. The van der Waals surface area contributed by atoms with Crippen molar-refractivity contribution in [3.63, 3.8) is 0 Å².